The molecule has 0 unspecified atom stereocenters. The molecule has 2 aromatic carbocycles. The van der Waals surface area contributed by atoms with E-state index in [0.717, 1.165) is 11.1 Å². The molecular weight excluding hydrogens is 544 g/mol. The topological polar surface area (TPSA) is 109 Å². The lowest BCUT2D eigenvalue weighted by atomic mass is 9.95. The smallest absolute Gasteiger partial charge is 0.338 e. The summed E-state index contributed by atoms with van der Waals surface area (Å²) in [4.78, 5) is 43.8. The predicted molar refractivity (Wildman–Crippen MR) is 154 cm³/mol. The molecule has 1 aliphatic rings. The zero-order valence-electron chi connectivity index (χ0n) is 23.2. The zero-order chi connectivity index (χ0) is 29.3. The molecule has 10 heteroatoms. The number of hydrogen-bond donors (Lipinski definition) is 0. The summed E-state index contributed by atoms with van der Waals surface area (Å²) in [5.41, 5.74) is 3.26. The Morgan fingerprint density at radius 2 is 1.88 bits per heavy atom. The molecule has 2 aromatic heterocycles. The second kappa shape index (κ2) is 11.4. The number of carbonyl (C=O) groups excluding carboxylic acids is 2. The fourth-order valence-corrected chi connectivity index (χ4v) is 5.83. The van der Waals surface area contributed by atoms with Crippen LogP contribution in [0.5, 0.6) is 5.75 Å². The number of furan rings is 1. The van der Waals surface area contributed by atoms with Crippen molar-refractivity contribution in [3.63, 3.8) is 0 Å². The predicted octanol–water partition coefficient (Wildman–Crippen LogP) is 4.16. The molecule has 210 valence electrons. The van der Waals surface area contributed by atoms with E-state index in [-0.39, 0.29) is 12.2 Å². The average Bonchev–Trinajstić information content (AvgIpc) is 3.55. The average molecular weight is 573 g/mol. The lowest BCUT2D eigenvalue weighted by Gasteiger charge is -2.24. The van der Waals surface area contributed by atoms with E-state index >= 15 is 0 Å². The molecule has 41 heavy (non-hydrogen) atoms. The first kappa shape index (κ1) is 27.9. The lowest BCUT2D eigenvalue weighted by Crippen LogP contribution is -2.39. The van der Waals surface area contributed by atoms with Gasteiger partial charge in [0.25, 0.3) is 5.56 Å². The number of allylic oxidation sites excluding steroid dienone is 1. The molecule has 0 spiro atoms. The molecule has 0 saturated heterocycles. The van der Waals surface area contributed by atoms with Gasteiger partial charge in [0.1, 0.15) is 17.3 Å². The van der Waals surface area contributed by atoms with E-state index in [1.807, 2.05) is 25.1 Å². The van der Waals surface area contributed by atoms with E-state index in [9.17, 15) is 14.4 Å². The summed E-state index contributed by atoms with van der Waals surface area (Å²) in [6.07, 6.45) is 1.66. The normalized spacial score (nSPS) is 14.9. The lowest BCUT2D eigenvalue weighted by molar-refractivity contribution is -0.139. The highest BCUT2D eigenvalue weighted by atomic mass is 32.1. The van der Waals surface area contributed by atoms with Gasteiger partial charge in [0.2, 0.25) is 0 Å². The van der Waals surface area contributed by atoms with Crippen LogP contribution in [-0.4, -0.2) is 37.3 Å². The first-order valence-electron chi connectivity index (χ1n) is 12.9. The molecule has 9 nitrogen and oxygen atoms in total. The van der Waals surface area contributed by atoms with Crippen LogP contribution in [0.15, 0.2) is 80.1 Å². The van der Waals surface area contributed by atoms with Gasteiger partial charge in [-0.2, -0.15) is 0 Å². The van der Waals surface area contributed by atoms with Gasteiger partial charge in [-0.05, 0) is 68.3 Å². The minimum Gasteiger partial charge on any atom is -0.497 e. The Morgan fingerprint density at radius 1 is 1.07 bits per heavy atom. The fourth-order valence-electron chi connectivity index (χ4n) is 4.81. The van der Waals surface area contributed by atoms with Gasteiger partial charge < -0.3 is 18.6 Å². The highest BCUT2D eigenvalue weighted by molar-refractivity contribution is 7.07. The largest absolute Gasteiger partial charge is 0.497 e. The number of rotatable bonds is 7. The molecule has 0 bridgehead atoms. The van der Waals surface area contributed by atoms with E-state index < -0.39 is 18.0 Å². The highest BCUT2D eigenvalue weighted by Crippen LogP contribution is 2.32. The van der Waals surface area contributed by atoms with Crippen molar-refractivity contribution in [2.24, 2.45) is 4.99 Å². The Morgan fingerprint density at radius 3 is 2.59 bits per heavy atom. The molecule has 0 amide bonds. The number of aromatic nitrogens is 1. The summed E-state index contributed by atoms with van der Waals surface area (Å²) in [6, 6.07) is 15.3. The molecular formula is C31H28N2O7S. The Balaban J connectivity index is 1.60. The number of benzene rings is 2. The molecule has 4 aromatic rings. The van der Waals surface area contributed by atoms with Crippen LogP contribution in [-0.2, 0) is 14.3 Å². The highest BCUT2D eigenvalue weighted by Gasteiger charge is 2.33. The van der Waals surface area contributed by atoms with Gasteiger partial charge in [0.15, 0.2) is 4.80 Å². The van der Waals surface area contributed by atoms with Crippen molar-refractivity contribution in [1.82, 2.24) is 4.57 Å². The van der Waals surface area contributed by atoms with Crippen LogP contribution in [0.2, 0.25) is 0 Å². The second-order valence-electron chi connectivity index (χ2n) is 9.30. The van der Waals surface area contributed by atoms with E-state index in [0.29, 0.717) is 49.0 Å². The minimum atomic E-state index is -0.745. The second-order valence-corrected chi connectivity index (χ2v) is 10.3. The van der Waals surface area contributed by atoms with Crippen molar-refractivity contribution in [3.8, 4) is 17.1 Å². The summed E-state index contributed by atoms with van der Waals surface area (Å²) >= 11 is 1.21. The summed E-state index contributed by atoms with van der Waals surface area (Å²) in [5.74, 6) is 0.720. The monoisotopic (exact) mass is 572 g/mol. The van der Waals surface area contributed by atoms with E-state index in [1.165, 1.54) is 23.0 Å². The van der Waals surface area contributed by atoms with Crippen LogP contribution in [0.3, 0.4) is 0 Å². The SMILES string of the molecule is CCOC(=O)C1=C(C)N=c2s/c(=C/c3ccc(-c4ccc(C(=O)OC)cc4C)o3)c(=O)n2[C@@H]1c1cccc(OC)c1. The van der Waals surface area contributed by atoms with Crippen molar-refractivity contribution >= 4 is 29.4 Å². The van der Waals surface area contributed by atoms with Crippen LogP contribution >= 0.6 is 11.3 Å². The van der Waals surface area contributed by atoms with Gasteiger partial charge in [0.05, 0.1) is 48.2 Å². The van der Waals surface area contributed by atoms with Crippen molar-refractivity contribution in [2.45, 2.75) is 26.8 Å². The van der Waals surface area contributed by atoms with Crippen LogP contribution in [0.25, 0.3) is 17.4 Å². The molecule has 3 heterocycles. The van der Waals surface area contributed by atoms with E-state index in [2.05, 4.69) is 4.99 Å². The summed E-state index contributed by atoms with van der Waals surface area (Å²) < 4.78 is 23.5. The van der Waals surface area contributed by atoms with Gasteiger partial charge >= 0.3 is 11.9 Å². The maximum atomic E-state index is 13.8. The molecule has 5 rings (SSSR count). The van der Waals surface area contributed by atoms with Gasteiger partial charge in [-0.3, -0.25) is 9.36 Å². The maximum Gasteiger partial charge on any atom is 0.338 e. The zero-order valence-corrected chi connectivity index (χ0v) is 24.0. The van der Waals surface area contributed by atoms with E-state index in [4.69, 9.17) is 18.6 Å². The summed E-state index contributed by atoms with van der Waals surface area (Å²) in [5, 5.41) is 0. The number of aryl methyl sites for hydroxylation is 1. The molecule has 0 radical (unpaired) electrons. The van der Waals surface area contributed by atoms with Gasteiger partial charge in [-0.15, -0.1) is 0 Å². The molecule has 0 aliphatic carbocycles. The number of fused-ring (bicyclic) bond motifs is 1. The molecule has 0 N–H and O–H groups in total. The number of hydrogen-bond acceptors (Lipinski definition) is 9. The van der Waals surface area contributed by atoms with Crippen molar-refractivity contribution < 1.29 is 28.2 Å². The quantitative estimate of drug-likeness (QED) is 0.306. The summed E-state index contributed by atoms with van der Waals surface area (Å²) in [7, 11) is 2.90. The number of ether oxygens (including phenoxy) is 3. The van der Waals surface area contributed by atoms with Crippen molar-refractivity contribution in [3.05, 3.63) is 108 Å². The number of thiazole rings is 1. The Bertz CT molecular complexity index is 1880. The maximum absolute atomic E-state index is 13.8. The number of methoxy groups -OCH3 is 2. The fraction of sp³-hybridized carbons (Fsp3) is 0.226. The first-order chi connectivity index (χ1) is 19.7. The molecule has 0 fully saturated rings. The van der Waals surface area contributed by atoms with Crippen LogP contribution < -0.4 is 19.6 Å². The Kier molecular flexibility index (Phi) is 7.76. The van der Waals surface area contributed by atoms with Crippen LogP contribution in [0, 0.1) is 6.92 Å². The Labute approximate surface area is 239 Å². The van der Waals surface area contributed by atoms with Gasteiger partial charge in [-0.25, -0.2) is 14.6 Å². The molecule has 0 saturated carbocycles. The third-order valence-electron chi connectivity index (χ3n) is 6.74. The minimum absolute atomic E-state index is 0.191. The van der Waals surface area contributed by atoms with Crippen LogP contribution in [0.1, 0.15) is 47.1 Å². The third-order valence-corrected chi connectivity index (χ3v) is 7.72. The van der Waals surface area contributed by atoms with Crippen molar-refractivity contribution in [1.29, 1.82) is 0 Å². The molecule has 1 aliphatic heterocycles. The van der Waals surface area contributed by atoms with Gasteiger partial charge in [0, 0.05) is 11.6 Å². The number of carbonyl (C=O) groups is 2. The van der Waals surface area contributed by atoms with Gasteiger partial charge in [-0.1, -0.05) is 29.5 Å². The summed E-state index contributed by atoms with van der Waals surface area (Å²) in [6.45, 7) is 5.54. The van der Waals surface area contributed by atoms with Crippen LogP contribution in [0.4, 0.5) is 0 Å². The first-order valence-corrected chi connectivity index (χ1v) is 13.7. The number of esters is 2. The standard InChI is InChI=1S/C31H28N2O7S/c1-6-39-30(36)26-18(3)32-31-33(27(26)19-8-7-9-21(15-19)37-4)28(34)25(41-31)16-22-11-13-24(40-22)23-12-10-20(14-17(23)2)29(35)38-5/h7-16,27H,6H2,1-5H3/b25-16+/t27-/m1/s1. The Hall–Kier alpha value is -4.70. The van der Waals surface area contributed by atoms with E-state index in [1.54, 1.807) is 63.4 Å². The third kappa shape index (κ3) is 5.26. The number of nitrogens with zero attached hydrogens (tertiary/aromatic N) is 2. The molecule has 1 atom stereocenters. The van der Waals surface area contributed by atoms with Crippen molar-refractivity contribution in [2.75, 3.05) is 20.8 Å².